The molecule has 0 aromatic rings. The number of hydrogen-bond donors (Lipinski definition) is 1. The van der Waals surface area contributed by atoms with Gasteiger partial charge in [0, 0.05) is 11.1 Å². The van der Waals surface area contributed by atoms with Gasteiger partial charge in [-0.05, 0) is 40.5 Å². The highest BCUT2D eigenvalue weighted by atomic mass is 15.0. The molecule has 0 spiro atoms. The van der Waals surface area contributed by atoms with Crippen LogP contribution in [0.15, 0.2) is 0 Å². The van der Waals surface area contributed by atoms with Crippen LogP contribution in [-0.4, -0.2) is 11.1 Å². The number of hydrogen-bond acceptors (Lipinski definition) is 1. The van der Waals surface area contributed by atoms with Crippen LogP contribution in [0, 0.1) is 0 Å². The first-order valence-electron chi connectivity index (χ1n) is 5.12. The molecule has 0 fully saturated rings. The summed E-state index contributed by atoms with van der Waals surface area (Å²) in [6, 6.07) is 0. The molecule has 0 saturated heterocycles. The monoisotopic (exact) mass is 171 g/mol. The van der Waals surface area contributed by atoms with Crippen LogP contribution in [-0.2, 0) is 0 Å². The van der Waals surface area contributed by atoms with E-state index in [1.165, 1.54) is 19.3 Å². The second kappa shape index (κ2) is 4.27. The molecular weight excluding hydrogens is 146 g/mol. The van der Waals surface area contributed by atoms with Gasteiger partial charge in [0.1, 0.15) is 0 Å². The molecule has 0 rings (SSSR count). The molecule has 0 bridgehead atoms. The minimum Gasteiger partial charge on any atom is -0.307 e. The maximum atomic E-state index is 3.68. The molecule has 74 valence electrons. The van der Waals surface area contributed by atoms with Gasteiger partial charge in [-0.1, -0.05) is 20.3 Å². The van der Waals surface area contributed by atoms with Crippen molar-refractivity contribution < 1.29 is 0 Å². The Bertz CT molecular complexity index is 125. The molecule has 0 aromatic carbocycles. The summed E-state index contributed by atoms with van der Waals surface area (Å²) < 4.78 is 0. The maximum Gasteiger partial charge on any atom is 0.0130 e. The second-order valence-electron chi connectivity index (χ2n) is 5.00. The third kappa shape index (κ3) is 4.76. The zero-order chi connectivity index (χ0) is 9.83. The highest BCUT2D eigenvalue weighted by molar-refractivity contribution is 4.86. The zero-order valence-electron chi connectivity index (χ0n) is 9.62. The van der Waals surface area contributed by atoms with Crippen LogP contribution in [0.3, 0.4) is 0 Å². The molecule has 0 aromatic heterocycles. The molecule has 1 nitrogen and oxygen atoms in total. The van der Waals surface area contributed by atoms with Gasteiger partial charge in [0.2, 0.25) is 0 Å². The smallest absolute Gasteiger partial charge is 0.0130 e. The van der Waals surface area contributed by atoms with Crippen LogP contribution in [0.4, 0.5) is 0 Å². The first-order valence-corrected chi connectivity index (χ1v) is 5.12. The topological polar surface area (TPSA) is 12.0 Å². The summed E-state index contributed by atoms with van der Waals surface area (Å²) in [6.07, 6.45) is 3.68. The van der Waals surface area contributed by atoms with Crippen molar-refractivity contribution in [1.82, 2.24) is 5.32 Å². The highest BCUT2D eigenvalue weighted by Gasteiger charge is 2.24. The molecule has 0 aliphatic carbocycles. The summed E-state index contributed by atoms with van der Waals surface area (Å²) in [5.74, 6) is 0. The third-order valence-corrected chi connectivity index (χ3v) is 2.44. The van der Waals surface area contributed by atoms with E-state index in [-0.39, 0.29) is 11.1 Å². The predicted octanol–water partition coefficient (Wildman–Crippen LogP) is 3.34. The Kier molecular flexibility index (Phi) is 4.25. The van der Waals surface area contributed by atoms with E-state index in [2.05, 4.69) is 46.9 Å². The van der Waals surface area contributed by atoms with Crippen molar-refractivity contribution >= 4 is 0 Å². The van der Waals surface area contributed by atoms with Crippen molar-refractivity contribution in [2.75, 3.05) is 0 Å². The minimum absolute atomic E-state index is 0.276. The van der Waals surface area contributed by atoms with Gasteiger partial charge in [-0.2, -0.15) is 0 Å². The van der Waals surface area contributed by atoms with E-state index >= 15 is 0 Å². The van der Waals surface area contributed by atoms with Crippen molar-refractivity contribution in [3.8, 4) is 0 Å². The molecule has 1 heteroatoms. The quantitative estimate of drug-likeness (QED) is 0.669. The summed E-state index contributed by atoms with van der Waals surface area (Å²) in [4.78, 5) is 0. The van der Waals surface area contributed by atoms with E-state index < -0.39 is 0 Å². The second-order valence-corrected chi connectivity index (χ2v) is 5.00. The van der Waals surface area contributed by atoms with Crippen molar-refractivity contribution in [2.24, 2.45) is 0 Å². The molecule has 0 aliphatic heterocycles. The number of nitrogens with one attached hydrogen (secondary N) is 1. The summed E-state index contributed by atoms with van der Waals surface area (Å²) in [6.45, 7) is 13.6. The lowest BCUT2D eigenvalue weighted by molar-refractivity contribution is 0.244. The normalized spacial score (nSPS) is 13.5. The fourth-order valence-corrected chi connectivity index (χ4v) is 1.69. The molecule has 1 N–H and O–H groups in total. The molecule has 0 heterocycles. The van der Waals surface area contributed by atoms with Crippen LogP contribution in [0.2, 0.25) is 0 Å². The summed E-state index contributed by atoms with van der Waals surface area (Å²) >= 11 is 0. The van der Waals surface area contributed by atoms with Gasteiger partial charge in [-0.25, -0.2) is 0 Å². The van der Waals surface area contributed by atoms with Gasteiger partial charge in [-0.3, -0.25) is 0 Å². The van der Waals surface area contributed by atoms with Crippen LogP contribution < -0.4 is 5.32 Å². The molecular formula is C11H25N. The average molecular weight is 171 g/mol. The van der Waals surface area contributed by atoms with Crippen molar-refractivity contribution in [2.45, 2.75) is 71.9 Å². The summed E-state index contributed by atoms with van der Waals surface area (Å²) in [5, 5.41) is 3.68. The molecule has 0 radical (unpaired) electrons. The first-order chi connectivity index (χ1) is 5.33. The Morgan fingerprint density at radius 1 is 0.917 bits per heavy atom. The Morgan fingerprint density at radius 2 is 1.42 bits per heavy atom. The molecule has 0 amide bonds. The van der Waals surface area contributed by atoms with Gasteiger partial charge in [0.25, 0.3) is 0 Å². The lowest BCUT2D eigenvalue weighted by Gasteiger charge is -2.36. The van der Waals surface area contributed by atoms with E-state index in [0.717, 1.165) is 0 Å². The SMILES string of the molecule is CCCC(C)(C)NC(C)(C)CC. The molecule has 12 heavy (non-hydrogen) atoms. The zero-order valence-corrected chi connectivity index (χ0v) is 9.62. The molecule has 0 saturated carbocycles. The van der Waals surface area contributed by atoms with Crippen molar-refractivity contribution in [1.29, 1.82) is 0 Å². The Labute approximate surface area is 77.9 Å². The Balaban J connectivity index is 4.04. The van der Waals surface area contributed by atoms with Gasteiger partial charge in [0.15, 0.2) is 0 Å². The van der Waals surface area contributed by atoms with Gasteiger partial charge < -0.3 is 5.32 Å². The van der Waals surface area contributed by atoms with Crippen LogP contribution >= 0.6 is 0 Å². The van der Waals surface area contributed by atoms with Crippen molar-refractivity contribution in [3.63, 3.8) is 0 Å². The standard InChI is InChI=1S/C11H25N/c1-7-9-11(5,6)12-10(3,4)8-2/h12H,7-9H2,1-6H3. The average Bonchev–Trinajstić information content (AvgIpc) is 1.85. The van der Waals surface area contributed by atoms with Crippen LogP contribution in [0.1, 0.15) is 60.8 Å². The molecule has 0 unspecified atom stereocenters. The number of rotatable bonds is 5. The van der Waals surface area contributed by atoms with E-state index in [0.29, 0.717) is 0 Å². The molecule has 0 atom stereocenters. The minimum atomic E-state index is 0.276. The van der Waals surface area contributed by atoms with Crippen LogP contribution in [0.25, 0.3) is 0 Å². The predicted molar refractivity (Wildman–Crippen MR) is 56.5 cm³/mol. The highest BCUT2D eigenvalue weighted by Crippen LogP contribution is 2.18. The molecule has 0 aliphatic rings. The van der Waals surface area contributed by atoms with Gasteiger partial charge in [-0.15, -0.1) is 0 Å². The van der Waals surface area contributed by atoms with Gasteiger partial charge >= 0.3 is 0 Å². The lowest BCUT2D eigenvalue weighted by atomic mass is 9.92. The van der Waals surface area contributed by atoms with Gasteiger partial charge in [0.05, 0.1) is 0 Å². The first kappa shape index (κ1) is 12.0. The van der Waals surface area contributed by atoms with E-state index in [1.54, 1.807) is 0 Å². The Hall–Kier alpha value is -0.0400. The fourth-order valence-electron chi connectivity index (χ4n) is 1.69. The van der Waals surface area contributed by atoms with E-state index in [4.69, 9.17) is 0 Å². The fraction of sp³-hybridized carbons (Fsp3) is 1.00. The Morgan fingerprint density at radius 3 is 1.75 bits per heavy atom. The maximum absolute atomic E-state index is 3.68. The lowest BCUT2D eigenvalue weighted by Crippen LogP contribution is -2.51. The van der Waals surface area contributed by atoms with Crippen LogP contribution in [0.5, 0.6) is 0 Å². The van der Waals surface area contributed by atoms with Crippen molar-refractivity contribution in [3.05, 3.63) is 0 Å². The largest absolute Gasteiger partial charge is 0.307 e. The van der Waals surface area contributed by atoms with E-state index in [9.17, 15) is 0 Å². The summed E-state index contributed by atoms with van der Waals surface area (Å²) in [7, 11) is 0. The summed E-state index contributed by atoms with van der Waals surface area (Å²) in [5.41, 5.74) is 0.562. The third-order valence-electron chi connectivity index (χ3n) is 2.44. The van der Waals surface area contributed by atoms with E-state index in [1.807, 2.05) is 0 Å².